The molecule has 35 heavy (non-hydrogen) atoms. The summed E-state index contributed by atoms with van der Waals surface area (Å²) in [6.07, 6.45) is 0.840. The van der Waals surface area contributed by atoms with E-state index in [9.17, 15) is 19.5 Å². The van der Waals surface area contributed by atoms with Crippen LogP contribution in [0.4, 0.5) is 5.69 Å². The Bertz CT molecular complexity index is 1480. The van der Waals surface area contributed by atoms with E-state index >= 15 is 0 Å². The largest absolute Gasteiger partial charge is 0.478 e. The van der Waals surface area contributed by atoms with E-state index in [1.165, 1.54) is 46.1 Å². The predicted octanol–water partition coefficient (Wildman–Crippen LogP) is 6.18. The normalized spacial score (nSPS) is 11.4. The molecule has 5 nitrogen and oxygen atoms in total. The number of hydrogen-bond acceptors (Lipinski definition) is 4. The van der Waals surface area contributed by atoms with Crippen LogP contribution < -0.4 is 5.32 Å². The third-order valence-electron chi connectivity index (χ3n) is 5.98. The molecule has 0 saturated heterocycles. The van der Waals surface area contributed by atoms with Gasteiger partial charge in [0.25, 0.3) is 5.91 Å². The van der Waals surface area contributed by atoms with Gasteiger partial charge in [-0.25, -0.2) is 4.79 Å². The summed E-state index contributed by atoms with van der Waals surface area (Å²) in [6, 6.07) is 27.5. The number of amides is 1. The summed E-state index contributed by atoms with van der Waals surface area (Å²) in [4.78, 5) is 37.8. The minimum absolute atomic E-state index is 0.0404. The van der Waals surface area contributed by atoms with Crippen molar-refractivity contribution in [2.75, 3.05) is 11.1 Å². The summed E-state index contributed by atoms with van der Waals surface area (Å²) in [7, 11) is 0. The Morgan fingerprint density at radius 1 is 0.771 bits per heavy atom. The van der Waals surface area contributed by atoms with E-state index in [0.717, 1.165) is 11.3 Å². The number of carbonyl (C=O) groups is 3. The third kappa shape index (κ3) is 4.74. The van der Waals surface area contributed by atoms with E-state index in [4.69, 9.17) is 0 Å². The highest BCUT2D eigenvalue weighted by atomic mass is 32.2. The molecule has 0 saturated carbocycles. The fraction of sp³-hybridized carbons (Fsp3) is 0.0690. The number of hydrogen-bond donors (Lipinski definition) is 2. The quantitative estimate of drug-likeness (QED) is 0.215. The fourth-order valence-electron chi connectivity index (χ4n) is 4.28. The summed E-state index contributed by atoms with van der Waals surface area (Å²) in [5.74, 6) is -1.35. The lowest BCUT2D eigenvalue weighted by Gasteiger charge is -2.09. The molecule has 1 aliphatic carbocycles. The Morgan fingerprint density at radius 2 is 1.51 bits per heavy atom. The highest BCUT2D eigenvalue weighted by Gasteiger charge is 2.20. The average Bonchev–Trinajstić information content (AvgIpc) is 3.25. The number of ketones is 1. The smallest absolute Gasteiger partial charge is 0.336 e. The maximum Gasteiger partial charge on any atom is 0.336 e. The molecule has 0 atom stereocenters. The topological polar surface area (TPSA) is 83.5 Å². The van der Waals surface area contributed by atoms with Gasteiger partial charge in [0.05, 0.1) is 16.9 Å². The first-order valence-electron chi connectivity index (χ1n) is 11.1. The molecule has 4 aromatic rings. The van der Waals surface area contributed by atoms with Crippen LogP contribution in [0.5, 0.6) is 0 Å². The Morgan fingerprint density at radius 3 is 2.34 bits per heavy atom. The van der Waals surface area contributed by atoms with Gasteiger partial charge < -0.3 is 10.4 Å². The number of rotatable bonds is 7. The molecule has 0 bridgehead atoms. The van der Waals surface area contributed by atoms with Gasteiger partial charge in [0, 0.05) is 16.1 Å². The molecular weight excluding hydrogens is 458 g/mol. The first kappa shape index (κ1) is 22.6. The van der Waals surface area contributed by atoms with Gasteiger partial charge in [0.1, 0.15) is 0 Å². The minimum Gasteiger partial charge on any atom is -0.478 e. The minimum atomic E-state index is -1.16. The maximum absolute atomic E-state index is 12.9. The molecule has 2 N–H and O–H groups in total. The molecule has 1 aliphatic rings. The number of Topliss-reactive ketones (excluding diaryl/α,β-unsaturated/α-hetero) is 1. The zero-order valence-corrected chi connectivity index (χ0v) is 19.5. The summed E-state index contributed by atoms with van der Waals surface area (Å²) < 4.78 is 0. The standard InChI is InChI=1S/C29H21NO4S/c31-27(19-12-13-24-20(15-19)14-18-6-1-2-9-23(18)24)17-35-22-8-5-7-21(16-22)30-28(32)25-10-3-4-11-26(25)29(33)34/h1-13,15-16H,14,17H2,(H,30,32)(H,33,34). The predicted molar refractivity (Wildman–Crippen MR) is 138 cm³/mol. The van der Waals surface area contributed by atoms with Crippen molar-refractivity contribution in [1.82, 2.24) is 0 Å². The molecule has 0 radical (unpaired) electrons. The van der Waals surface area contributed by atoms with Gasteiger partial charge in [-0.15, -0.1) is 11.8 Å². The van der Waals surface area contributed by atoms with Gasteiger partial charge >= 0.3 is 5.97 Å². The van der Waals surface area contributed by atoms with Gasteiger partial charge in [-0.3, -0.25) is 9.59 Å². The molecule has 1 amide bonds. The van der Waals surface area contributed by atoms with E-state index < -0.39 is 11.9 Å². The number of carboxylic acids is 1. The van der Waals surface area contributed by atoms with Crippen LogP contribution in [0.25, 0.3) is 11.1 Å². The molecule has 0 heterocycles. The van der Waals surface area contributed by atoms with Crippen molar-refractivity contribution in [1.29, 1.82) is 0 Å². The number of anilines is 1. The van der Waals surface area contributed by atoms with Crippen LogP contribution in [0.3, 0.4) is 0 Å². The van der Waals surface area contributed by atoms with Crippen LogP contribution in [0, 0.1) is 0 Å². The van der Waals surface area contributed by atoms with Crippen LogP contribution in [0.2, 0.25) is 0 Å². The molecule has 6 heteroatoms. The molecule has 0 aliphatic heterocycles. The Balaban J connectivity index is 1.25. The summed E-state index contributed by atoms with van der Waals surface area (Å²) in [5, 5.41) is 12.1. The molecule has 172 valence electrons. The average molecular weight is 480 g/mol. The van der Waals surface area contributed by atoms with Crippen molar-refractivity contribution in [2.24, 2.45) is 0 Å². The number of benzene rings is 4. The summed E-state index contributed by atoms with van der Waals surface area (Å²) >= 11 is 1.39. The van der Waals surface area contributed by atoms with Gasteiger partial charge in [-0.2, -0.15) is 0 Å². The summed E-state index contributed by atoms with van der Waals surface area (Å²) in [5.41, 5.74) is 6.14. The van der Waals surface area contributed by atoms with Gasteiger partial charge in [-0.05, 0) is 65.1 Å². The van der Waals surface area contributed by atoms with Gasteiger partial charge in [0.2, 0.25) is 0 Å². The van der Waals surface area contributed by atoms with E-state index in [0.29, 0.717) is 11.3 Å². The highest BCUT2D eigenvalue weighted by molar-refractivity contribution is 8.00. The number of thioether (sulfide) groups is 1. The van der Waals surface area contributed by atoms with E-state index in [-0.39, 0.29) is 22.7 Å². The number of aromatic carboxylic acids is 1. The fourth-order valence-corrected chi connectivity index (χ4v) is 5.13. The third-order valence-corrected chi connectivity index (χ3v) is 6.97. The Kier molecular flexibility index (Phi) is 6.21. The van der Waals surface area contributed by atoms with Gasteiger partial charge in [-0.1, -0.05) is 54.6 Å². The monoisotopic (exact) mass is 479 g/mol. The van der Waals surface area contributed by atoms with E-state index in [1.54, 1.807) is 30.3 Å². The molecular formula is C29H21NO4S. The van der Waals surface area contributed by atoms with E-state index in [1.807, 2.05) is 36.4 Å². The maximum atomic E-state index is 12.9. The van der Waals surface area contributed by atoms with Crippen molar-refractivity contribution < 1.29 is 19.5 Å². The lowest BCUT2D eigenvalue weighted by Crippen LogP contribution is -2.16. The number of carbonyl (C=O) groups excluding carboxylic acids is 2. The first-order valence-corrected chi connectivity index (χ1v) is 12.1. The van der Waals surface area contributed by atoms with Gasteiger partial charge in [0.15, 0.2) is 5.78 Å². The molecule has 0 fully saturated rings. The van der Waals surface area contributed by atoms with Crippen LogP contribution in [0.1, 0.15) is 42.2 Å². The number of fused-ring (bicyclic) bond motifs is 3. The second kappa shape index (κ2) is 9.60. The van der Waals surface area contributed by atoms with Crippen molar-refractivity contribution in [3.8, 4) is 11.1 Å². The van der Waals surface area contributed by atoms with Crippen LogP contribution in [-0.2, 0) is 6.42 Å². The van der Waals surface area contributed by atoms with Crippen LogP contribution >= 0.6 is 11.8 Å². The van der Waals surface area contributed by atoms with Crippen molar-refractivity contribution in [2.45, 2.75) is 11.3 Å². The zero-order valence-electron chi connectivity index (χ0n) is 18.7. The lowest BCUT2D eigenvalue weighted by atomic mass is 10.0. The molecule has 0 unspecified atom stereocenters. The van der Waals surface area contributed by atoms with Crippen molar-refractivity contribution in [3.05, 3.63) is 119 Å². The van der Waals surface area contributed by atoms with Crippen LogP contribution in [-0.4, -0.2) is 28.5 Å². The second-order valence-corrected chi connectivity index (χ2v) is 9.30. The Hall–Kier alpha value is -4.16. The molecule has 0 aromatic heterocycles. The lowest BCUT2D eigenvalue weighted by molar-refractivity contribution is 0.0692. The second-order valence-electron chi connectivity index (χ2n) is 8.25. The molecule has 5 rings (SSSR count). The Labute approximate surface area is 206 Å². The van der Waals surface area contributed by atoms with Crippen LogP contribution in [0.15, 0.2) is 95.9 Å². The number of carboxylic acid groups (broad SMARTS) is 1. The SMILES string of the molecule is O=C(CSc1cccc(NC(=O)c2ccccc2C(=O)O)c1)c1ccc2c(c1)Cc1ccccc1-2. The summed E-state index contributed by atoms with van der Waals surface area (Å²) in [6.45, 7) is 0. The highest BCUT2D eigenvalue weighted by Crippen LogP contribution is 2.37. The van der Waals surface area contributed by atoms with Crippen molar-refractivity contribution in [3.63, 3.8) is 0 Å². The molecule has 0 spiro atoms. The van der Waals surface area contributed by atoms with Crippen molar-refractivity contribution >= 4 is 35.1 Å². The first-order chi connectivity index (χ1) is 17.0. The van der Waals surface area contributed by atoms with E-state index in [2.05, 4.69) is 17.4 Å². The number of nitrogens with one attached hydrogen (secondary N) is 1. The molecule has 4 aromatic carbocycles. The zero-order chi connectivity index (χ0) is 24.4.